The van der Waals surface area contributed by atoms with Crippen LogP contribution in [0.15, 0.2) is 46.9 Å². The van der Waals surface area contributed by atoms with Gasteiger partial charge in [0, 0.05) is 22.6 Å². The van der Waals surface area contributed by atoms with Crippen molar-refractivity contribution in [3.8, 4) is 0 Å². The average Bonchev–Trinajstić information content (AvgIpc) is 2.45. The molecule has 0 aliphatic carbocycles. The summed E-state index contributed by atoms with van der Waals surface area (Å²) in [5, 5.41) is 14.0. The third-order valence-electron chi connectivity index (χ3n) is 2.73. The van der Waals surface area contributed by atoms with Gasteiger partial charge in [-0.2, -0.15) is 0 Å². The summed E-state index contributed by atoms with van der Waals surface area (Å²) < 4.78 is 0.947. The molecule has 0 aliphatic heterocycles. The number of benzene rings is 2. The summed E-state index contributed by atoms with van der Waals surface area (Å²) >= 11 is 3.37. The first-order valence-electron chi connectivity index (χ1n) is 5.82. The Morgan fingerprint density at radius 2 is 2.05 bits per heavy atom. The fourth-order valence-electron chi connectivity index (χ4n) is 1.77. The van der Waals surface area contributed by atoms with E-state index in [0.29, 0.717) is 18.5 Å². The second kappa shape index (κ2) is 6.29. The van der Waals surface area contributed by atoms with Crippen LogP contribution in [-0.2, 0) is 6.54 Å². The predicted molar refractivity (Wildman–Crippen MR) is 80.0 cm³/mol. The van der Waals surface area contributed by atoms with Gasteiger partial charge in [-0.15, -0.1) is 0 Å². The molecular weight excluding hydrogens is 324 g/mol. The van der Waals surface area contributed by atoms with E-state index in [1.54, 1.807) is 12.1 Å². The molecule has 0 spiro atoms. The number of nitro groups is 1. The predicted octanol–water partition coefficient (Wildman–Crippen LogP) is 3.78. The van der Waals surface area contributed by atoms with Crippen LogP contribution in [0.25, 0.3) is 0 Å². The smallest absolute Gasteiger partial charge is 0.293 e. The highest BCUT2D eigenvalue weighted by molar-refractivity contribution is 9.10. The van der Waals surface area contributed by atoms with Gasteiger partial charge < -0.3 is 5.32 Å². The molecule has 0 amide bonds. The molecule has 0 aliphatic rings. The van der Waals surface area contributed by atoms with E-state index in [0.717, 1.165) is 10.0 Å². The molecule has 1 N–H and O–H groups in total. The number of carbonyl (C=O) groups excluding carboxylic acids is 1. The van der Waals surface area contributed by atoms with Crippen LogP contribution < -0.4 is 5.32 Å². The van der Waals surface area contributed by atoms with Gasteiger partial charge in [-0.1, -0.05) is 28.1 Å². The zero-order valence-corrected chi connectivity index (χ0v) is 12.0. The summed E-state index contributed by atoms with van der Waals surface area (Å²) in [6, 6.07) is 12.0. The Labute approximate surface area is 123 Å². The monoisotopic (exact) mass is 334 g/mol. The first-order valence-corrected chi connectivity index (χ1v) is 6.61. The molecule has 0 heterocycles. The molecule has 20 heavy (non-hydrogen) atoms. The maximum absolute atomic E-state index is 11.0. The molecular formula is C14H11BrN2O3. The van der Waals surface area contributed by atoms with Crippen LogP contribution in [-0.4, -0.2) is 11.2 Å². The van der Waals surface area contributed by atoms with Crippen LogP contribution in [0.3, 0.4) is 0 Å². The third-order valence-corrected chi connectivity index (χ3v) is 3.22. The molecule has 0 atom stereocenters. The lowest BCUT2D eigenvalue weighted by Crippen LogP contribution is -2.03. The summed E-state index contributed by atoms with van der Waals surface area (Å²) in [5.74, 6) is 0. The summed E-state index contributed by atoms with van der Waals surface area (Å²) in [7, 11) is 0. The molecule has 0 radical (unpaired) electrons. The van der Waals surface area contributed by atoms with Crippen molar-refractivity contribution in [3.63, 3.8) is 0 Å². The zero-order chi connectivity index (χ0) is 14.5. The molecule has 5 nitrogen and oxygen atoms in total. The highest BCUT2D eigenvalue weighted by Crippen LogP contribution is 2.25. The van der Waals surface area contributed by atoms with E-state index >= 15 is 0 Å². The Kier molecular flexibility index (Phi) is 4.47. The third kappa shape index (κ3) is 3.42. The second-order valence-corrected chi connectivity index (χ2v) is 5.05. The number of nitro benzene ring substituents is 1. The fourth-order valence-corrected chi connectivity index (χ4v) is 2.21. The average molecular weight is 335 g/mol. The SMILES string of the molecule is O=Cc1ccc(NCc2cccc(Br)c2)c([N+](=O)[O-])c1. The summed E-state index contributed by atoms with van der Waals surface area (Å²) in [4.78, 5) is 21.2. The Hall–Kier alpha value is -2.21. The van der Waals surface area contributed by atoms with Crippen molar-refractivity contribution in [3.05, 3.63) is 68.2 Å². The molecule has 0 bridgehead atoms. The molecule has 102 valence electrons. The van der Waals surface area contributed by atoms with Gasteiger partial charge in [-0.05, 0) is 29.8 Å². The van der Waals surface area contributed by atoms with Crippen molar-refractivity contribution in [2.45, 2.75) is 6.54 Å². The van der Waals surface area contributed by atoms with E-state index in [-0.39, 0.29) is 11.3 Å². The van der Waals surface area contributed by atoms with E-state index in [4.69, 9.17) is 0 Å². The normalized spacial score (nSPS) is 10.1. The first kappa shape index (κ1) is 14.2. The lowest BCUT2D eigenvalue weighted by molar-refractivity contribution is -0.384. The molecule has 0 saturated heterocycles. The van der Waals surface area contributed by atoms with Crippen LogP contribution in [0.5, 0.6) is 0 Å². The van der Waals surface area contributed by atoms with Crippen LogP contribution in [0.1, 0.15) is 15.9 Å². The van der Waals surface area contributed by atoms with Crippen LogP contribution in [0.2, 0.25) is 0 Å². The molecule has 0 saturated carbocycles. The van der Waals surface area contributed by atoms with Crippen molar-refractivity contribution in [1.29, 1.82) is 0 Å². The molecule has 2 rings (SSSR count). The van der Waals surface area contributed by atoms with Gasteiger partial charge in [0.05, 0.1) is 4.92 Å². The molecule has 6 heteroatoms. The largest absolute Gasteiger partial charge is 0.375 e. The van der Waals surface area contributed by atoms with E-state index < -0.39 is 4.92 Å². The highest BCUT2D eigenvalue weighted by Gasteiger charge is 2.14. The van der Waals surface area contributed by atoms with Gasteiger partial charge >= 0.3 is 0 Å². The van der Waals surface area contributed by atoms with E-state index in [1.165, 1.54) is 6.07 Å². The number of hydrogen-bond donors (Lipinski definition) is 1. The van der Waals surface area contributed by atoms with Crippen molar-refractivity contribution in [2.75, 3.05) is 5.32 Å². The number of carbonyl (C=O) groups is 1. The topological polar surface area (TPSA) is 72.2 Å². The summed E-state index contributed by atoms with van der Waals surface area (Å²) in [5.41, 5.74) is 1.56. The Balaban J connectivity index is 2.20. The van der Waals surface area contributed by atoms with Gasteiger partial charge in [0.15, 0.2) is 0 Å². The van der Waals surface area contributed by atoms with Gasteiger partial charge in [-0.25, -0.2) is 0 Å². The van der Waals surface area contributed by atoms with Crippen molar-refractivity contribution >= 4 is 33.6 Å². The Bertz CT molecular complexity index is 659. The number of aldehydes is 1. The quantitative estimate of drug-likeness (QED) is 0.513. The molecule has 2 aromatic carbocycles. The minimum atomic E-state index is -0.504. The molecule has 0 fully saturated rings. The molecule has 0 aromatic heterocycles. The zero-order valence-electron chi connectivity index (χ0n) is 10.4. The molecule has 0 unspecified atom stereocenters. The van der Waals surface area contributed by atoms with E-state index in [9.17, 15) is 14.9 Å². The number of rotatable bonds is 5. The maximum Gasteiger partial charge on any atom is 0.293 e. The summed E-state index contributed by atoms with van der Waals surface area (Å²) in [6.45, 7) is 0.459. The number of anilines is 1. The van der Waals surface area contributed by atoms with E-state index in [1.807, 2.05) is 24.3 Å². The van der Waals surface area contributed by atoms with E-state index in [2.05, 4.69) is 21.2 Å². The van der Waals surface area contributed by atoms with Gasteiger partial charge in [0.25, 0.3) is 5.69 Å². The fraction of sp³-hybridized carbons (Fsp3) is 0.0714. The summed E-state index contributed by atoms with van der Waals surface area (Å²) in [6.07, 6.45) is 0.588. The Morgan fingerprint density at radius 1 is 1.25 bits per heavy atom. The van der Waals surface area contributed by atoms with Gasteiger partial charge in [-0.3, -0.25) is 14.9 Å². The number of nitrogens with one attached hydrogen (secondary N) is 1. The minimum Gasteiger partial charge on any atom is -0.375 e. The first-order chi connectivity index (χ1) is 9.60. The van der Waals surface area contributed by atoms with Gasteiger partial charge in [0.2, 0.25) is 0 Å². The van der Waals surface area contributed by atoms with Gasteiger partial charge in [0.1, 0.15) is 12.0 Å². The lowest BCUT2D eigenvalue weighted by Gasteiger charge is -2.08. The standard InChI is InChI=1S/C14H11BrN2O3/c15-12-3-1-2-10(6-12)8-16-13-5-4-11(9-18)7-14(13)17(19)20/h1-7,9,16H,8H2. The Morgan fingerprint density at radius 3 is 2.70 bits per heavy atom. The highest BCUT2D eigenvalue weighted by atomic mass is 79.9. The van der Waals surface area contributed by atoms with Crippen molar-refractivity contribution in [2.24, 2.45) is 0 Å². The van der Waals surface area contributed by atoms with Crippen LogP contribution in [0, 0.1) is 10.1 Å². The maximum atomic E-state index is 11.0. The minimum absolute atomic E-state index is 0.107. The number of halogens is 1. The second-order valence-electron chi connectivity index (χ2n) is 4.14. The van der Waals surface area contributed by atoms with Crippen molar-refractivity contribution in [1.82, 2.24) is 0 Å². The number of nitrogens with zero attached hydrogens (tertiary/aromatic N) is 1. The number of hydrogen-bond acceptors (Lipinski definition) is 4. The van der Waals surface area contributed by atoms with Crippen LogP contribution >= 0.6 is 15.9 Å². The molecule has 2 aromatic rings. The van der Waals surface area contributed by atoms with Crippen LogP contribution in [0.4, 0.5) is 11.4 Å². The lowest BCUT2D eigenvalue weighted by atomic mass is 10.1. The van der Waals surface area contributed by atoms with Crippen molar-refractivity contribution < 1.29 is 9.72 Å².